The smallest absolute Gasteiger partial charge is 0.322 e. The quantitative estimate of drug-likeness (QED) is 0.722. The first kappa shape index (κ1) is 12.6. The number of rotatable bonds is 6. The lowest BCUT2D eigenvalue weighted by Crippen LogP contribution is -2.38. The fraction of sp³-hybridized carbons (Fsp3) is 0.700. The summed E-state index contributed by atoms with van der Waals surface area (Å²) < 4.78 is 9.31. The average Bonchev–Trinajstić information content (AvgIpc) is 2.75. The number of carbonyl (C=O) groups is 1. The third kappa shape index (κ3) is 3.98. The van der Waals surface area contributed by atoms with E-state index in [0.717, 1.165) is 0 Å². The summed E-state index contributed by atoms with van der Waals surface area (Å²) in [6.07, 6.45) is 1.97. The standard InChI is InChI=1S/C10H17N3O3/c1-7(2)4-8(10(14)15-3)11-5-9-12-6-16-13-9/h6-8,11H,4-5H2,1-3H3. The number of ether oxygens (including phenoxy) is 1. The highest BCUT2D eigenvalue weighted by molar-refractivity contribution is 5.75. The minimum Gasteiger partial charge on any atom is -0.468 e. The number of esters is 1. The van der Waals surface area contributed by atoms with E-state index in [1.165, 1.54) is 13.5 Å². The molecule has 1 rings (SSSR count). The van der Waals surface area contributed by atoms with E-state index in [-0.39, 0.29) is 12.0 Å². The van der Waals surface area contributed by atoms with E-state index in [0.29, 0.717) is 24.7 Å². The first-order valence-corrected chi connectivity index (χ1v) is 5.20. The molecule has 0 bridgehead atoms. The molecule has 1 aromatic rings. The molecule has 0 spiro atoms. The minimum absolute atomic E-state index is 0.266. The summed E-state index contributed by atoms with van der Waals surface area (Å²) in [4.78, 5) is 15.3. The molecule has 0 aliphatic heterocycles. The van der Waals surface area contributed by atoms with Gasteiger partial charge in [0, 0.05) is 0 Å². The van der Waals surface area contributed by atoms with Crippen molar-refractivity contribution in [3.8, 4) is 0 Å². The van der Waals surface area contributed by atoms with Crippen molar-refractivity contribution in [2.24, 2.45) is 5.92 Å². The van der Waals surface area contributed by atoms with Crippen LogP contribution in [-0.2, 0) is 16.1 Å². The number of methoxy groups -OCH3 is 1. The average molecular weight is 227 g/mol. The second-order valence-electron chi connectivity index (χ2n) is 3.93. The predicted molar refractivity (Wildman–Crippen MR) is 56.4 cm³/mol. The van der Waals surface area contributed by atoms with Crippen LogP contribution in [0.25, 0.3) is 0 Å². The molecule has 0 aromatic carbocycles. The van der Waals surface area contributed by atoms with E-state index in [4.69, 9.17) is 4.74 Å². The number of aromatic nitrogens is 2. The van der Waals surface area contributed by atoms with E-state index >= 15 is 0 Å². The van der Waals surface area contributed by atoms with Gasteiger partial charge in [-0.1, -0.05) is 19.0 Å². The van der Waals surface area contributed by atoms with Crippen LogP contribution in [0.15, 0.2) is 10.9 Å². The van der Waals surface area contributed by atoms with E-state index in [1.807, 2.05) is 13.8 Å². The normalized spacial score (nSPS) is 12.8. The Morgan fingerprint density at radius 1 is 1.62 bits per heavy atom. The van der Waals surface area contributed by atoms with Crippen molar-refractivity contribution in [3.05, 3.63) is 12.2 Å². The van der Waals surface area contributed by atoms with Gasteiger partial charge in [0.05, 0.1) is 13.7 Å². The van der Waals surface area contributed by atoms with Crippen molar-refractivity contribution >= 4 is 5.97 Å². The van der Waals surface area contributed by atoms with Crippen LogP contribution in [0.3, 0.4) is 0 Å². The fourth-order valence-electron chi connectivity index (χ4n) is 1.36. The highest BCUT2D eigenvalue weighted by Crippen LogP contribution is 2.06. The van der Waals surface area contributed by atoms with E-state index in [2.05, 4.69) is 20.0 Å². The van der Waals surface area contributed by atoms with Crippen molar-refractivity contribution < 1.29 is 14.1 Å². The van der Waals surface area contributed by atoms with Crippen LogP contribution in [-0.4, -0.2) is 29.3 Å². The fourth-order valence-corrected chi connectivity index (χ4v) is 1.36. The van der Waals surface area contributed by atoms with Crippen molar-refractivity contribution in [2.45, 2.75) is 32.9 Å². The molecule has 1 aromatic heterocycles. The Bertz CT molecular complexity index is 311. The van der Waals surface area contributed by atoms with Crippen LogP contribution in [0.4, 0.5) is 0 Å². The highest BCUT2D eigenvalue weighted by atomic mass is 16.5. The van der Waals surface area contributed by atoms with Gasteiger partial charge < -0.3 is 9.26 Å². The molecule has 0 saturated carbocycles. The Morgan fingerprint density at radius 3 is 2.88 bits per heavy atom. The molecule has 1 unspecified atom stereocenters. The Hall–Kier alpha value is -1.43. The van der Waals surface area contributed by atoms with Crippen molar-refractivity contribution in [1.29, 1.82) is 0 Å². The molecule has 6 nitrogen and oxygen atoms in total. The molecule has 16 heavy (non-hydrogen) atoms. The van der Waals surface area contributed by atoms with Gasteiger partial charge in [-0.05, 0) is 12.3 Å². The maximum atomic E-state index is 11.5. The molecule has 0 radical (unpaired) electrons. The third-order valence-corrected chi connectivity index (χ3v) is 2.11. The van der Waals surface area contributed by atoms with Crippen LogP contribution in [0, 0.1) is 5.92 Å². The summed E-state index contributed by atoms with van der Waals surface area (Å²) in [6.45, 7) is 4.49. The topological polar surface area (TPSA) is 77.2 Å². The van der Waals surface area contributed by atoms with Gasteiger partial charge in [0.15, 0.2) is 5.82 Å². The molecule has 1 N–H and O–H groups in total. The number of nitrogens with one attached hydrogen (secondary N) is 1. The van der Waals surface area contributed by atoms with E-state index in [1.54, 1.807) is 0 Å². The van der Waals surface area contributed by atoms with Crippen LogP contribution in [0.1, 0.15) is 26.1 Å². The Kier molecular flexibility index (Phi) is 4.91. The van der Waals surface area contributed by atoms with Gasteiger partial charge in [-0.25, -0.2) is 0 Å². The Morgan fingerprint density at radius 2 is 2.38 bits per heavy atom. The molecule has 0 saturated heterocycles. The predicted octanol–water partition coefficient (Wildman–Crippen LogP) is 0.747. The molecule has 0 aliphatic carbocycles. The lowest BCUT2D eigenvalue weighted by atomic mass is 10.0. The van der Waals surface area contributed by atoms with E-state index in [9.17, 15) is 4.79 Å². The second kappa shape index (κ2) is 6.22. The van der Waals surface area contributed by atoms with Crippen molar-refractivity contribution in [1.82, 2.24) is 15.5 Å². The first-order chi connectivity index (χ1) is 7.63. The zero-order valence-corrected chi connectivity index (χ0v) is 9.77. The summed E-state index contributed by atoms with van der Waals surface area (Å²) in [5, 5.41) is 6.70. The molecule has 0 aliphatic rings. The van der Waals surface area contributed by atoms with Crippen LogP contribution >= 0.6 is 0 Å². The van der Waals surface area contributed by atoms with Crippen LogP contribution < -0.4 is 5.32 Å². The van der Waals surface area contributed by atoms with Gasteiger partial charge in [-0.3, -0.25) is 10.1 Å². The van der Waals surface area contributed by atoms with Crippen molar-refractivity contribution in [3.63, 3.8) is 0 Å². The number of carbonyl (C=O) groups excluding carboxylic acids is 1. The largest absolute Gasteiger partial charge is 0.468 e. The zero-order chi connectivity index (χ0) is 12.0. The molecule has 6 heteroatoms. The summed E-state index contributed by atoms with van der Waals surface area (Å²) in [5.41, 5.74) is 0. The third-order valence-electron chi connectivity index (χ3n) is 2.11. The maximum Gasteiger partial charge on any atom is 0.322 e. The lowest BCUT2D eigenvalue weighted by molar-refractivity contribution is -0.143. The Balaban J connectivity index is 2.46. The van der Waals surface area contributed by atoms with Crippen molar-refractivity contribution in [2.75, 3.05) is 7.11 Å². The summed E-state index contributed by atoms with van der Waals surface area (Å²) in [5.74, 6) is 0.664. The SMILES string of the molecule is COC(=O)C(CC(C)C)NCc1ncon1. The molecule has 0 fully saturated rings. The Labute approximate surface area is 94.4 Å². The molecule has 1 atom stereocenters. The summed E-state index contributed by atoms with van der Waals surface area (Å²) >= 11 is 0. The van der Waals surface area contributed by atoms with Gasteiger partial charge in [0.2, 0.25) is 6.39 Å². The maximum absolute atomic E-state index is 11.5. The van der Waals surface area contributed by atoms with Gasteiger partial charge in [0.25, 0.3) is 0 Å². The first-order valence-electron chi connectivity index (χ1n) is 5.20. The van der Waals surface area contributed by atoms with Crippen LogP contribution in [0.2, 0.25) is 0 Å². The van der Waals surface area contributed by atoms with Gasteiger partial charge in [-0.2, -0.15) is 4.98 Å². The molecule has 0 amide bonds. The number of nitrogens with zero attached hydrogens (tertiary/aromatic N) is 2. The van der Waals surface area contributed by atoms with E-state index < -0.39 is 0 Å². The summed E-state index contributed by atoms with van der Waals surface area (Å²) in [7, 11) is 1.38. The zero-order valence-electron chi connectivity index (χ0n) is 9.77. The molecular formula is C10H17N3O3. The monoisotopic (exact) mass is 227 g/mol. The van der Waals surface area contributed by atoms with Crippen LogP contribution in [0.5, 0.6) is 0 Å². The second-order valence-corrected chi connectivity index (χ2v) is 3.93. The van der Waals surface area contributed by atoms with Gasteiger partial charge in [-0.15, -0.1) is 0 Å². The minimum atomic E-state index is -0.330. The lowest BCUT2D eigenvalue weighted by Gasteiger charge is -2.17. The van der Waals surface area contributed by atoms with Gasteiger partial charge >= 0.3 is 5.97 Å². The van der Waals surface area contributed by atoms with Gasteiger partial charge in [0.1, 0.15) is 6.04 Å². The molecular weight excluding hydrogens is 210 g/mol. The highest BCUT2D eigenvalue weighted by Gasteiger charge is 2.20. The number of hydrogen-bond donors (Lipinski definition) is 1. The molecule has 1 heterocycles. The number of hydrogen-bond acceptors (Lipinski definition) is 6. The summed E-state index contributed by atoms with van der Waals surface area (Å²) in [6, 6.07) is -0.330. The molecule has 90 valence electrons.